The second-order valence-electron chi connectivity index (χ2n) is 15.2. The predicted octanol–water partition coefficient (Wildman–Crippen LogP) is 12.3. The van der Waals surface area contributed by atoms with Crippen molar-refractivity contribution in [2.75, 3.05) is 0 Å². The van der Waals surface area contributed by atoms with Crippen molar-refractivity contribution in [3.63, 3.8) is 0 Å². The summed E-state index contributed by atoms with van der Waals surface area (Å²) in [6, 6.07) is 44.1. The molecule has 0 saturated carbocycles. The Morgan fingerprint density at radius 1 is 0.436 bits per heavy atom. The number of phenols is 5. The molecule has 1 aliphatic rings. The summed E-state index contributed by atoms with van der Waals surface area (Å²) in [4.78, 5) is 0. The maximum absolute atomic E-state index is 10.8. The SMILES string of the molecule is CC1(C)c2ccc(-c3ccc(-c4ccc5ccc6c(-c7c(O)c(O)c(O)c(O)c7O)ccc7ccc4c5c76)cc3)cc2-c2ccc3c(oc4ccccc43)c21. The number of para-hydroxylation sites is 1. The van der Waals surface area contributed by atoms with Crippen LogP contribution < -0.4 is 0 Å². The molecule has 0 saturated heterocycles. The van der Waals surface area contributed by atoms with Gasteiger partial charge in [0.1, 0.15) is 11.2 Å². The van der Waals surface area contributed by atoms with Crippen molar-refractivity contribution >= 4 is 54.3 Å². The lowest BCUT2D eigenvalue weighted by Crippen LogP contribution is -2.15. The van der Waals surface area contributed by atoms with Crippen LogP contribution in [0.3, 0.4) is 0 Å². The van der Waals surface area contributed by atoms with Crippen molar-refractivity contribution in [2.24, 2.45) is 0 Å². The van der Waals surface area contributed by atoms with Crippen LogP contribution in [0.5, 0.6) is 28.7 Å². The van der Waals surface area contributed by atoms with Crippen LogP contribution in [0, 0.1) is 0 Å². The monoisotopic (exact) mass is 716 g/mol. The van der Waals surface area contributed by atoms with Gasteiger partial charge >= 0.3 is 0 Å². The Morgan fingerprint density at radius 2 is 0.982 bits per heavy atom. The first-order chi connectivity index (χ1) is 26.6. The Labute approximate surface area is 314 Å². The number of aromatic hydroxyl groups is 5. The molecule has 10 aromatic rings. The van der Waals surface area contributed by atoms with E-state index in [0.717, 1.165) is 71.1 Å². The van der Waals surface area contributed by atoms with Crippen molar-refractivity contribution in [3.05, 3.63) is 139 Å². The molecule has 9 aromatic carbocycles. The van der Waals surface area contributed by atoms with Gasteiger partial charge in [0.25, 0.3) is 0 Å². The van der Waals surface area contributed by atoms with Gasteiger partial charge in [-0.1, -0.05) is 123 Å². The molecular formula is C49H32O6. The summed E-state index contributed by atoms with van der Waals surface area (Å²) >= 11 is 0. The van der Waals surface area contributed by atoms with Gasteiger partial charge in [0.2, 0.25) is 17.2 Å². The maximum Gasteiger partial charge on any atom is 0.208 e. The Balaban J connectivity index is 1.02. The van der Waals surface area contributed by atoms with E-state index >= 15 is 0 Å². The molecule has 0 amide bonds. The van der Waals surface area contributed by atoms with E-state index < -0.39 is 28.7 Å². The third-order valence-electron chi connectivity index (χ3n) is 12.0. The second kappa shape index (κ2) is 10.7. The van der Waals surface area contributed by atoms with E-state index in [2.05, 4.69) is 105 Å². The van der Waals surface area contributed by atoms with Crippen LogP contribution in [-0.2, 0) is 5.41 Å². The number of rotatable bonds is 3. The first kappa shape index (κ1) is 31.4. The van der Waals surface area contributed by atoms with Crippen LogP contribution >= 0.6 is 0 Å². The highest BCUT2D eigenvalue weighted by molar-refractivity contribution is 6.28. The van der Waals surface area contributed by atoms with Gasteiger partial charge in [0, 0.05) is 21.8 Å². The summed E-state index contributed by atoms with van der Waals surface area (Å²) in [5.41, 5.74) is 11.2. The van der Waals surface area contributed by atoms with E-state index in [-0.39, 0.29) is 11.0 Å². The molecule has 0 spiro atoms. The van der Waals surface area contributed by atoms with Crippen LogP contribution in [0.2, 0.25) is 0 Å². The van der Waals surface area contributed by atoms with Crippen molar-refractivity contribution in [1.29, 1.82) is 0 Å². The van der Waals surface area contributed by atoms with E-state index in [1.54, 1.807) is 6.07 Å². The highest BCUT2D eigenvalue weighted by Crippen LogP contribution is 2.57. The molecule has 1 heterocycles. The summed E-state index contributed by atoms with van der Waals surface area (Å²) in [5, 5.41) is 60.3. The fourth-order valence-corrected chi connectivity index (χ4v) is 9.31. The van der Waals surface area contributed by atoms with Gasteiger partial charge in [-0.25, -0.2) is 0 Å². The van der Waals surface area contributed by atoms with Crippen LogP contribution in [0.15, 0.2) is 132 Å². The zero-order valence-corrected chi connectivity index (χ0v) is 29.8. The predicted molar refractivity (Wildman–Crippen MR) is 220 cm³/mol. The number of hydrogen-bond acceptors (Lipinski definition) is 6. The van der Waals surface area contributed by atoms with Crippen LogP contribution in [0.4, 0.5) is 0 Å². The van der Waals surface area contributed by atoms with Gasteiger partial charge in [-0.3, -0.25) is 0 Å². The summed E-state index contributed by atoms with van der Waals surface area (Å²) < 4.78 is 6.50. The minimum absolute atomic E-state index is 0.164. The minimum Gasteiger partial charge on any atom is -0.504 e. The molecule has 11 rings (SSSR count). The fraction of sp³-hybridized carbons (Fsp3) is 0.0612. The second-order valence-corrected chi connectivity index (χ2v) is 15.2. The quantitative estimate of drug-likeness (QED) is 0.0706. The lowest BCUT2D eigenvalue weighted by molar-refractivity contribution is 0.330. The maximum atomic E-state index is 10.8. The molecule has 1 aromatic heterocycles. The molecule has 0 unspecified atom stereocenters. The summed E-state index contributed by atoms with van der Waals surface area (Å²) in [7, 11) is 0. The molecule has 1 aliphatic carbocycles. The van der Waals surface area contributed by atoms with E-state index in [4.69, 9.17) is 4.42 Å². The van der Waals surface area contributed by atoms with Gasteiger partial charge in [-0.05, 0) is 95.0 Å². The summed E-state index contributed by atoms with van der Waals surface area (Å²) in [5.74, 6) is -4.23. The van der Waals surface area contributed by atoms with Gasteiger partial charge in [-0.2, -0.15) is 0 Å². The van der Waals surface area contributed by atoms with Gasteiger partial charge in [0.05, 0.1) is 5.56 Å². The number of furan rings is 1. The highest BCUT2D eigenvalue weighted by atomic mass is 16.4. The van der Waals surface area contributed by atoms with Crippen molar-refractivity contribution < 1.29 is 29.9 Å². The largest absolute Gasteiger partial charge is 0.504 e. The molecule has 0 aliphatic heterocycles. The molecule has 0 radical (unpaired) electrons. The van der Waals surface area contributed by atoms with Crippen LogP contribution in [0.1, 0.15) is 25.0 Å². The van der Waals surface area contributed by atoms with Gasteiger partial charge < -0.3 is 29.9 Å². The molecule has 264 valence electrons. The first-order valence-corrected chi connectivity index (χ1v) is 18.2. The van der Waals surface area contributed by atoms with E-state index in [0.29, 0.717) is 10.9 Å². The Kier molecular flexibility index (Phi) is 6.10. The normalized spacial score (nSPS) is 13.4. The van der Waals surface area contributed by atoms with E-state index in [9.17, 15) is 25.5 Å². The van der Waals surface area contributed by atoms with Crippen molar-refractivity contribution in [3.8, 4) is 73.3 Å². The molecule has 6 nitrogen and oxygen atoms in total. The molecule has 0 fully saturated rings. The molecule has 5 N–H and O–H groups in total. The first-order valence-electron chi connectivity index (χ1n) is 18.2. The van der Waals surface area contributed by atoms with Crippen molar-refractivity contribution in [1.82, 2.24) is 0 Å². The van der Waals surface area contributed by atoms with Crippen LogP contribution in [0.25, 0.3) is 98.8 Å². The Hall–Kier alpha value is -7.18. The molecule has 55 heavy (non-hydrogen) atoms. The Bertz CT molecular complexity index is 3250. The van der Waals surface area contributed by atoms with Gasteiger partial charge in [0.15, 0.2) is 11.5 Å². The van der Waals surface area contributed by atoms with E-state index in [1.807, 2.05) is 30.3 Å². The third-order valence-corrected chi connectivity index (χ3v) is 12.0. The average molecular weight is 717 g/mol. The fourth-order valence-electron chi connectivity index (χ4n) is 9.31. The average Bonchev–Trinajstić information content (AvgIpc) is 3.70. The Morgan fingerprint density at radius 3 is 1.69 bits per heavy atom. The lowest BCUT2D eigenvalue weighted by atomic mass is 9.81. The number of phenolic OH excluding ortho intramolecular Hbond substituents is 5. The molecule has 6 heteroatoms. The number of hydrogen-bond donors (Lipinski definition) is 5. The topological polar surface area (TPSA) is 114 Å². The smallest absolute Gasteiger partial charge is 0.208 e. The zero-order chi connectivity index (χ0) is 37.5. The molecular weight excluding hydrogens is 685 g/mol. The highest BCUT2D eigenvalue weighted by Gasteiger charge is 2.38. The van der Waals surface area contributed by atoms with E-state index in [1.165, 1.54) is 22.3 Å². The standard InChI is InChI=1S/C49H32O6/c1-49(2)37-22-15-28(23-36(37)34-20-21-35-30-5-3-4-6-38(30)55-48(35)42(34)49)24-7-9-25(10-8-24)29-16-11-26-13-18-32-33(19-14-27-12-17-31(29)39(26)40(27)32)41-43(50)45(52)47(54)46(53)44(41)51/h3-23,50-54H,1-2H3. The molecule has 0 bridgehead atoms. The lowest BCUT2D eigenvalue weighted by Gasteiger charge is -2.21. The van der Waals surface area contributed by atoms with Crippen molar-refractivity contribution in [2.45, 2.75) is 19.3 Å². The zero-order valence-electron chi connectivity index (χ0n) is 29.8. The number of fused-ring (bicyclic) bond motifs is 7. The minimum atomic E-state index is -0.984. The molecule has 0 atom stereocenters. The van der Waals surface area contributed by atoms with Gasteiger partial charge in [-0.15, -0.1) is 0 Å². The summed E-state index contributed by atoms with van der Waals surface area (Å²) in [6.07, 6.45) is 0. The summed E-state index contributed by atoms with van der Waals surface area (Å²) in [6.45, 7) is 4.57. The third kappa shape index (κ3) is 4.08. The number of benzene rings is 9. The van der Waals surface area contributed by atoms with Crippen LogP contribution in [-0.4, -0.2) is 25.5 Å².